The number of rotatable bonds is 4. The van der Waals surface area contributed by atoms with Crippen molar-refractivity contribution in [1.82, 2.24) is 25.1 Å². The molecule has 10 heteroatoms. The number of halogens is 1. The fourth-order valence-corrected chi connectivity index (χ4v) is 5.57. The molecule has 2 aliphatic rings. The zero-order chi connectivity index (χ0) is 18.0. The molecule has 0 spiro atoms. The van der Waals surface area contributed by atoms with Crippen molar-refractivity contribution in [1.29, 1.82) is 0 Å². The van der Waals surface area contributed by atoms with Gasteiger partial charge >= 0.3 is 0 Å². The standard InChI is InChI=1S/C16H27N5O3S.ClH/c1-11-15(12(2)20-19-11)25(23,24)21-8-4-5-13(10-21)16(22)18-14-6-3-7-17-9-14;/h13-14,17H,3-10H2,1-2H3,(H,18,22)(H,19,20);1H/t13?,14-;/m0./s1. The lowest BCUT2D eigenvalue weighted by Crippen LogP contribution is -2.51. The second-order valence-electron chi connectivity index (χ2n) is 7.02. The SMILES string of the molecule is Cc1n[nH]c(C)c1S(=O)(=O)N1CCCC(C(=O)N[C@H]2CCCNC2)C1.Cl. The fourth-order valence-electron chi connectivity index (χ4n) is 3.72. The van der Waals surface area contributed by atoms with Crippen LogP contribution in [-0.4, -0.2) is 61.0 Å². The van der Waals surface area contributed by atoms with Crippen LogP contribution in [0.5, 0.6) is 0 Å². The van der Waals surface area contributed by atoms with Gasteiger partial charge in [0.1, 0.15) is 4.90 Å². The van der Waals surface area contributed by atoms with Crippen molar-refractivity contribution < 1.29 is 13.2 Å². The summed E-state index contributed by atoms with van der Waals surface area (Å²) in [5.74, 6) is -0.327. The van der Waals surface area contributed by atoms with Gasteiger partial charge in [-0.1, -0.05) is 0 Å². The predicted molar refractivity (Wildman–Crippen MR) is 101 cm³/mol. The van der Waals surface area contributed by atoms with E-state index in [0.717, 1.165) is 32.4 Å². The summed E-state index contributed by atoms with van der Waals surface area (Å²) in [7, 11) is -3.63. The van der Waals surface area contributed by atoms with Crippen LogP contribution in [0.25, 0.3) is 0 Å². The minimum Gasteiger partial charge on any atom is -0.352 e. The van der Waals surface area contributed by atoms with Gasteiger partial charge in [0.2, 0.25) is 15.9 Å². The lowest BCUT2D eigenvalue weighted by Gasteiger charge is -2.33. The molecule has 0 radical (unpaired) electrons. The molecule has 8 nitrogen and oxygen atoms in total. The number of aromatic amines is 1. The maximum atomic E-state index is 13.0. The normalized spacial score (nSPS) is 24.7. The van der Waals surface area contributed by atoms with Gasteiger partial charge in [-0.15, -0.1) is 12.4 Å². The third-order valence-corrected chi connectivity index (χ3v) is 7.19. The van der Waals surface area contributed by atoms with Crippen molar-refractivity contribution in [2.45, 2.75) is 50.5 Å². The molecule has 3 N–H and O–H groups in total. The minimum absolute atomic E-state index is 0. The highest BCUT2D eigenvalue weighted by molar-refractivity contribution is 7.89. The Hall–Kier alpha value is -1.16. The molecule has 2 fully saturated rings. The number of nitrogens with zero attached hydrogens (tertiary/aromatic N) is 2. The van der Waals surface area contributed by atoms with E-state index < -0.39 is 10.0 Å². The number of amides is 1. The molecule has 0 aliphatic carbocycles. The molecule has 1 unspecified atom stereocenters. The average Bonchev–Trinajstić information content (AvgIpc) is 2.95. The van der Waals surface area contributed by atoms with E-state index in [9.17, 15) is 13.2 Å². The third kappa shape index (κ3) is 4.39. The maximum Gasteiger partial charge on any atom is 0.246 e. The molecule has 148 valence electrons. The van der Waals surface area contributed by atoms with E-state index in [2.05, 4.69) is 20.8 Å². The van der Waals surface area contributed by atoms with Crippen LogP contribution in [0, 0.1) is 19.8 Å². The number of H-pyrrole nitrogens is 1. The van der Waals surface area contributed by atoms with E-state index >= 15 is 0 Å². The number of aryl methyl sites for hydroxylation is 2. The van der Waals surface area contributed by atoms with Gasteiger partial charge in [-0.05, 0) is 46.1 Å². The predicted octanol–water partition coefficient (Wildman–Crippen LogP) is 0.717. The molecule has 3 heterocycles. The summed E-state index contributed by atoms with van der Waals surface area (Å²) in [5, 5.41) is 13.1. The van der Waals surface area contributed by atoms with Gasteiger partial charge in [-0.2, -0.15) is 9.40 Å². The summed E-state index contributed by atoms with van der Waals surface area (Å²) in [4.78, 5) is 12.8. The van der Waals surface area contributed by atoms with Crippen molar-refractivity contribution >= 4 is 28.3 Å². The summed E-state index contributed by atoms with van der Waals surface area (Å²) in [6, 6.07) is 0.145. The summed E-state index contributed by atoms with van der Waals surface area (Å²) in [6.45, 7) is 5.84. The zero-order valence-corrected chi connectivity index (χ0v) is 16.9. The Labute approximate surface area is 160 Å². The molecule has 2 saturated heterocycles. The highest BCUT2D eigenvalue weighted by Crippen LogP contribution is 2.27. The van der Waals surface area contributed by atoms with E-state index in [1.54, 1.807) is 13.8 Å². The summed E-state index contributed by atoms with van der Waals surface area (Å²) in [5.41, 5.74) is 1.01. The molecule has 1 aromatic heterocycles. The smallest absolute Gasteiger partial charge is 0.246 e. The number of carbonyl (C=O) groups is 1. The van der Waals surface area contributed by atoms with Crippen LogP contribution in [0.3, 0.4) is 0 Å². The number of nitrogens with one attached hydrogen (secondary N) is 3. The molecule has 1 aromatic rings. The first-order chi connectivity index (χ1) is 11.9. The Balaban J connectivity index is 0.00000243. The lowest BCUT2D eigenvalue weighted by molar-refractivity contribution is -0.126. The van der Waals surface area contributed by atoms with Crippen molar-refractivity contribution in [3.8, 4) is 0 Å². The van der Waals surface area contributed by atoms with Crippen LogP contribution in [-0.2, 0) is 14.8 Å². The lowest BCUT2D eigenvalue weighted by atomic mass is 9.97. The zero-order valence-electron chi connectivity index (χ0n) is 15.2. The summed E-state index contributed by atoms with van der Waals surface area (Å²) in [6.07, 6.45) is 3.44. The van der Waals surface area contributed by atoms with Gasteiger partial charge in [0, 0.05) is 25.7 Å². The molecule has 1 amide bonds. The Morgan fingerprint density at radius 1 is 1.27 bits per heavy atom. The maximum absolute atomic E-state index is 13.0. The molecule has 2 aliphatic heterocycles. The fraction of sp³-hybridized carbons (Fsp3) is 0.750. The molecule has 26 heavy (non-hydrogen) atoms. The van der Waals surface area contributed by atoms with Gasteiger partial charge in [-0.25, -0.2) is 8.42 Å². The van der Waals surface area contributed by atoms with E-state index in [0.29, 0.717) is 24.4 Å². The van der Waals surface area contributed by atoms with Crippen LogP contribution in [0.1, 0.15) is 37.1 Å². The summed E-state index contributed by atoms with van der Waals surface area (Å²) < 4.78 is 27.4. The second-order valence-corrected chi connectivity index (χ2v) is 8.89. The molecule has 0 bridgehead atoms. The van der Waals surface area contributed by atoms with E-state index in [1.807, 2.05) is 0 Å². The van der Waals surface area contributed by atoms with Crippen molar-refractivity contribution in [2.75, 3.05) is 26.2 Å². The first kappa shape index (κ1) is 21.1. The molecular weight excluding hydrogens is 378 g/mol. The number of hydrogen-bond acceptors (Lipinski definition) is 5. The number of sulfonamides is 1. The molecule has 3 rings (SSSR count). The van der Waals surface area contributed by atoms with Crippen LogP contribution < -0.4 is 10.6 Å². The largest absolute Gasteiger partial charge is 0.352 e. The van der Waals surface area contributed by atoms with Gasteiger partial charge in [0.25, 0.3) is 0 Å². The van der Waals surface area contributed by atoms with E-state index in [4.69, 9.17) is 0 Å². The number of piperidine rings is 2. The number of aromatic nitrogens is 2. The van der Waals surface area contributed by atoms with Gasteiger partial charge in [-0.3, -0.25) is 9.89 Å². The number of carbonyl (C=O) groups excluding carboxylic acids is 1. The Morgan fingerprint density at radius 3 is 2.65 bits per heavy atom. The first-order valence-electron chi connectivity index (χ1n) is 8.92. The molecule has 2 atom stereocenters. The third-order valence-electron chi connectivity index (χ3n) is 5.06. The topological polar surface area (TPSA) is 107 Å². The second kappa shape index (κ2) is 8.69. The van der Waals surface area contributed by atoms with Gasteiger partial charge < -0.3 is 10.6 Å². The van der Waals surface area contributed by atoms with Crippen LogP contribution >= 0.6 is 12.4 Å². The quantitative estimate of drug-likeness (QED) is 0.684. The number of hydrogen-bond donors (Lipinski definition) is 3. The Morgan fingerprint density at radius 2 is 2.04 bits per heavy atom. The molecule has 0 aromatic carbocycles. The van der Waals surface area contributed by atoms with Crippen molar-refractivity contribution in [3.05, 3.63) is 11.4 Å². The molecule has 0 saturated carbocycles. The highest BCUT2D eigenvalue weighted by atomic mass is 35.5. The van der Waals surface area contributed by atoms with Gasteiger partial charge in [0.05, 0.1) is 17.3 Å². The van der Waals surface area contributed by atoms with Gasteiger partial charge in [0.15, 0.2) is 0 Å². The monoisotopic (exact) mass is 405 g/mol. The summed E-state index contributed by atoms with van der Waals surface area (Å²) >= 11 is 0. The molecular formula is C16H28ClN5O3S. The van der Waals surface area contributed by atoms with Crippen molar-refractivity contribution in [2.24, 2.45) is 5.92 Å². The van der Waals surface area contributed by atoms with E-state index in [1.165, 1.54) is 4.31 Å². The van der Waals surface area contributed by atoms with Crippen LogP contribution in [0.2, 0.25) is 0 Å². The van der Waals surface area contributed by atoms with Crippen LogP contribution in [0.4, 0.5) is 0 Å². The Kier molecular flexibility index (Phi) is 7.06. The van der Waals surface area contributed by atoms with Crippen LogP contribution in [0.15, 0.2) is 4.90 Å². The highest BCUT2D eigenvalue weighted by Gasteiger charge is 2.36. The average molecular weight is 406 g/mol. The minimum atomic E-state index is -3.63. The van der Waals surface area contributed by atoms with E-state index in [-0.39, 0.29) is 41.7 Å². The van der Waals surface area contributed by atoms with Crippen molar-refractivity contribution in [3.63, 3.8) is 0 Å². The Bertz CT molecular complexity index is 711. The first-order valence-corrected chi connectivity index (χ1v) is 10.4.